The second kappa shape index (κ2) is 4.51. The fourth-order valence-electron chi connectivity index (χ4n) is 3.41. The van der Waals surface area contributed by atoms with Gasteiger partial charge in [-0.25, -0.2) is 4.98 Å². The van der Waals surface area contributed by atoms with E-state index in [0.717, 1.165) is 44.7 Å². The Bertz CT molecular complexity index is 1020. The number of nitrogens with one attached hydrogen (secondary N) is 1. The normalized spacial score (nSPS) is 15.6. The lowest BCUT2D eigenvalue weighted by molar-refractivity contribution is 0.225. The molecular formula is C19H13N3O. The van der Waals surface area contributed by atoms with Crippen molar-refractivity contribution >= 4 is 11.0 Å². The van der Waals surface area contributed by atoms with E-state index in [4.69, 9.17) is 0 Å². The van der Waals surface area contributed by atoms with Gasteiger partial charge in [-0.3, -0.25) is 4.98 Å². The molecule has 1 aliphatic carbocycles. The maximum atomic E-state index is 10.6. The zero-order valence-corrected chi connectivity index (χ0v) is 12.2. The van der Waals surface area contributed by atoms with Crippen LogP contribution in [-0.2, 0) is 0 Å². The Kier molecular flexibility index (Phi) is 2.46. The molecule has 0 radical (unpaired) electrons. The number of nitrogens with zero attached hydrogens (tertiary/aromatic N) is 2. The number of H-pyrrole nitrogens is 1. The summed E-state index contributed by atoms with van der Waals surface area (Å²) in [6, 6.07) is 15.9. The molecule has 0 saturated heterocycles. The highest BCUT2D eigenvalue weighted by Gasteiger charge is 2.29. The molecule has 5 rings (SSSR count). The van der Waals surface area contributed by atoms with Gasteiger partial charge in [0.15, 0.2) is 0 Å². The van der Waals surface area contributed by atoms with Crippen LogP contribution in [0.5, 0.6) is 0 Å². The molecule has 0 spiro atoms. The minimum Gasteiger partial charge on any atom is -0.384 e. The molecule has 2 N–H and O–H groups in total. The number of hydrogen-bond acceptors (Lipinski definition) is 3. The molecule has 0 unspecified atom stereocenters. The number of aromatic amines is 1. The van der Waals surface area contributed by atoms with E-state index in [-0.39, 0.29) is 0 Å². The lowest BCUT2D eigenvalue weighted by atomic mass is 9.99. The van der Waals surface area contributed by atoms with Gasteiger partial charge in [-0.15, -0.1) is 0 Å². The van der Waals surface area contributed by atoms with Crippen LogP contribution in [0.25, 0.3) is 33.5 Å². The summed E-state index contributed by atoms with van der Waals surface area (Å²) < 4.78 is 0. The molecule has 4 aromatic rings. The molecule has 1 aliphatic rings. The number of hydrogen-bond donors (Lipinski definition) is 2. The first-order valence-corrected chi connectivity index (χ1v) is 7.53. The second-order valence-corrected chi connectivity index (χ2v) is 5.74. The van der Waals surface area contributed by atoms with E-state index in [1.165, 1.54) is 0 Å². The number of benzene rings is 2. The fraction of sp³-hybridized carbons (Fsp3) is 0.0526. The molecule has 2 aromatic heterocycles. The Balaban J connectivity index is 1.81. The Morgan fingerprint density at radius 2 is 1.74 bits per heavy atom. The highest BCUT2D eigenvalue weighted by Crippen LogP contribution is 2.47. The molecule has 0 fully saturated rings. The number of aliphatic hydroxyl groups is 1. The Morgan fingerprint density at radius 1 is 0.913 bits per heavy atom. The summed E-state index contributed by atoms with van der Waals surface area (Å²) in [7, 11) is 0. The summed E-state index contributed by atoms with van der Waals surface area (Å²) in [5, 5.41) is 10.6. The van der Waals surface area contributed by atoms with Crippen LogP contribution in [0.2, 0.25) is 0 Å². The molecule has 0 aliphatic heterocycles. The van der Waals surface area contributed by atoms with Gasteiger partial charge in [0.05, 0.1) is 17.2 Å². The maximum absolute atomic E-state index is 10.6. The maximum Gasteiger partial charge on any atom is 0.139 e. The summed E-state index contributed by atoms with van der Waals surface area (Å²) in [5.41, 5.74) is 6.82. The van der Waals surface area contributed by atoms with Crippen LogP contribution in [-0.4, -0.2) is 20.1 Å². The van der Waals surface area contributed by atoms with Crippen molar-refractivity contribution in [3.05, 3.63) is 72.1 Å². The summed E-state index contributed by atoms with van der Waals surface area (Å²) in [6.45, 7) is 0. The number of pyridine rings is 1. The average Bonchev–Trinajstić information content (AvgIpc) is 3.15. The second-order valence-electron chi connectivity index (χ2n) is 5.74. The van der Waals surface area contributed by atoms with E-state index in [2.05, 4.69) is 21.0 Å². The van der Waals surface area contributed by atoms with Crippen LogP contribution in [0.15, 0.2) is 60.9 Å². The largest absolute Gasteiger partial charge is 0.384 e. The average molecular weight is 299 g/mol. The van der Waals surface area contributed by atoms with E-state index in [9.17, 15) is 5.11 Å². The van der Waals surface area contributed by atoms with E-state index in [1.54, 1.807) is 12.4 Å². The van der Waals surface area contributed by atoms with Crippen molar-refractivity contribution in [2.24, 2.45) is 0 Å². The van der Waals surface area contributed by atoms with Gasteiger partial charge in [0, 0.05) is 11.8 Å². The van der Waals surface area contributed by atoms with E-state index >= 15 is 0 Å². The predicted molar refractivity (Wildman–Crippen MR) is 88.8 cm³/mol. The first-order chi connectivity index (χ1) is 11.3. The Labute approximate surface area is 132 Å². The van der Waals surface area contributed by atoms with Crippen molar-refractivity contribution in [1.29, 1.82) is 0 Å². The number of rotatable bonds is 1. The topological polar surface area (TPSA) is 61.8 Å². The molecule has 23 heavy (non-hydrogen) atoms. The quantitative estimate of drug-likeness (QED) is 0.563. The van der Waals surface area contributed by atoms with Crippen LogP contribution >= 0.6 is 0 Å². The lowest BCUT2D eigenvalue weighted by Gasteiger charge is -2.07. The van der Waals surface area contributed by atoms with Gasteiger partial charge < -0.3 is 10.1 Å². The van der Waals surface area contributed by atoms with Crippen LogP contribution in [0.3, 0.4) is 0 Å². The molecule has 0 amide bonds. The van der Waals surface area contributed by atoms with Gasteiger partial charge in [-0.1, -0.05) is 42.5 Å². The van der Waals surface area contributed by atoms with Gasteiger partial charge in [0.25, 0.3) is 0 Å². The molecule has 4 nitrogen and oxygen atoms in total. The summed E-state index contributed by atoms with van der Waals surface area (Å²) in [4.78, 5) is 12.1. The SMILES string of the molecule is O[C@@H]1c2ccccc2-c2c(-c3nc4ccncc4[nH]3)cccc21. The molecule has 0 saturated carbocycles. The molecular weight excluding hydrogens is 286 g/mol. The molecule has 2 aromatic carbocycles. The molecule has 110 valence electrons. The van der Waals surface area contributed by atoms with E-state index in [0.29, 0.717) is 0 Å². The minimum absolute atomic E-state index is 0.577. The van der Waals surface area contributed by atoms with Gasteiger partial charge in [-0.05, 0) is 28.3 Å². The van der Waals surface area contributed by atoms with Crippen molar-refractivity contribution < 1.29 is 5.11 Å². The summed E-state index contributed by atoms with van der Waals surface area (Å²) in [5.74, 6) is 0.800. The number of aliphatic hydroxyl groups excluding tert-OH is 1. The lowest BCUT2D eigenvalue weighted by Crippen LogP contribution is -1.93. The summed E-state index contributed by atoms with van der Waals surface area (Å²) in [6.07, 6.45) is 2.94. The minimum atomic E-state index is -0.577. The zero-order chi connectivity index (χ0) is 15.4. The van der Waals surface area contributed by atoms with Crippen LogP contribution in [0.1, 0.15) is 17.2 Å². The van der Waals surface area contributed by atoms with Gasteiger partial charge in [0.2, 0.25) is 0 Å². The molecule has 2 heterocycles. The van der Waals surface area contributed by atoms with Crippen LogP contribution in [0, 0.1) is 0 Å². The van der Waals surface area contributed by atoms with Gasteiger partial charge in [-0.2, -0.15) is 0 Å². The highest BCUT2D eigenvalue weighted by molar-refractivity contribution is 5.91. The number of aromatic nitrogens is 3. The van der Waals surface area contributed by atoms with Crippen molar-refractivity contribution in [3.63, 3.8) is 0 Å². The standard InChI is InChI=1S/C19H13N3O/c23-18-12-5-2-1-4-11(12)17-13(18)6-3-7-14(17)19-21-15-8-9-20-10-16(15)22-19/h1-10,18,23H,(H,21,22)/t18-/m1/s1. The predicted octanol–water partition coefficient (Wildman–Crippen LogP) is 3.69. The van der Waals surface area contributed by atoms with Crippen LogP contribution < -0.4 is 0 Å². The van der Waals surface area contributed by atoms with Crippen LogP contribution in [0.4, 0.5) is 0 Å². The van der Waals surface area contributed by atoms with Gasteiger partial charge in [0.1, 0.15) is 11.9 Å². The molecule has 4 heteroatoms. The smallest absolute Gasteiger partial charge is 0.139 e. The summed E-state index contributed by atoms with van der Waals surface area (Å²) >= 11 is 0. The van der Waals surface area contributed by atoms with Gasteiger partial charge >= 0.3 is 0 Å². The van der Waals surface area contributed by atoms with Crippen molar-refractivity contribution in [1.82, 2.24) is 15.0 Å². The Morgan fingerprint density at radius 3 is 2.65 bits per heavy atom. The first kappa shape index (κ1) is 12.6. The highest BCUT2D eigenvalue weighted by atomic mass is 16.3. The third kappa shape index (κ3) is 1.69. The van der Waals surface area contributed by atoms with Crippen molar-refractivity contribution in [2.75, 3.05) is 0 Å². The van der Waals surface area contributed by atoms with E-state index in [1.807, 2.05) is 42.5 Å². The molecule has 1 atom stereocenters. The number of imidazole rings is 1. The molecule has 0 bridgehead atoms. The number of fused-ring (bicyclic) bond motifs is 4. The third-order valence-electron chi connectivity index (χ3n) is 4.45. The first-order valence-electron chi connectivity index (χ1n) is 7.53. The third-order valence-corrected chi connectivity index (χ3v) is 4.45. The van der Waals surface area contributed by atoms with E-state index < -0.39 is 6.10 Å². The van der Waals surface area contributed by atoms with Crippen molar-refractivity contribution in [3.8, 4) is 22.5 Å². The monoisotopic (exact) mass is 299 g/mol. The fourth-order valence-corrected chi connectivity index (χ4v) is 3.41. The van der Waals surface area contributed by atoms with Crippen molar-refractivity contribution in [2.45, 2.75) is 6.10 Å². The Hall–Kier alpha value is -2.98. The zero-order valence-electron chi connectivity index (χ0n) is 12.2.